The third-order valence-corrected chi connectivity index (χ3v) is 7.02. The quantitative estimate of drug-likeness (QED) is 0.806. The standard InChI is InChI=1S/C15H24N2O4S/c18-14-7-12(9-17(14)13-3-1-2-4-13)15(19)16-8-11-5-6-22(20,21)10-11/h11-13H,1-10H2,(H,16,19)/t11-,12-/m0/s1. The Morgan fingerprint density at radius 1 is 1.23 bits per heavy atom. The van der Waals surface area contributed by atoms with Gasteiger partial charge in [0.05, 0.1) is 17.4 Å². The van der Waals surface area contributed by atoms with Crippen LogP contribution in [-0.4, -0.2) is 55.8 Å². The van der Waals surface area contributed by atoms with E-state index in [0.29, 0.717) is 32.0 Å². The van der Waals surface area contributed by atoms with Gasteiger partial charge >= 0.3 is 0 Å². The smallest absolute Gasteiger partial charge is 0.225 e. The molecular formula is C15H24N2O4S. The molecule has 0 aromatic carbocycles. The number of carbonyl (C=O) groups excluding carboxylic acids is 2. The summed E-state index contributed by atoms with van der Waals surface area (Å²) < 4.78 is 22.8. The van der Waals surface area contributed by atoms with Crippen molar-refractivity contribution >= 4 is 21.7 Å². The maximum atomic E-state index is 12.2. The topological polar surface area (TPSA) is 83.5 Å². The summed E-state index contributed by atoms with van der Waals surface area (Å²) in [6.45, 7) is 0.935. The fraction of sp³-hybridized carbons (Fsp3) is 0.867. The van der Waals surface area contributed by atoms with Gasteiger partial charge in [0, 0.05) is 25.6 Å². The van der Waals surface area contributed by atoms with Crippen LogP contribution in [0.1, 0.15) is 38.5 Å². The molecule has 1 aliphatic carbocycles. The highest BCUT2D eigenvalue weighted by Gasteiger charge is 2.39. The predicted octanol–water partition coefficient (Wildman–Crippen LogP) is 0.328. The third kappa shape index (κ3) is 3.45. The van der Waals surface area contributed by atoms with Crippen molar-refractivity contribution in [3.05, 3.63) is 0 Å². The molecule has 124 valence electrons. The van der Waals surface area contributed by atoms with Crippen molar-refractivity contribution in [3.63, 3.8) is 0 Å². The van der Waals surface area contributed by atoms with E-state index < -0.39 is 9.84 Å². The molecule has 2 aliphatic heterocycles. The molecule has 2 atom stereocenters. The minimum Gasteiger partial charge on any atom is -0.355 e. The molecule has 7 heteroatoms. The van der Waals surface area contributed by atoms with E-state index in [1.54, 1.807) is 0 Å². The number of hydrogen-bond donors (Lipinski definition) is 1. The Morgan fingerprint density at radius 3 is 2.59 bits per heavy atom. The van der Waals surface area contributed by atoms with Gasteiger partial charge in [-0.1, -0.05) is 12.8 Å². The van der Waals surface area contributed by atoms with E-state index in [9.17, 15) is 18.0 Å². The van der Waals surface area contributed by atoms with Crippen LogP contribution in [0.15, 0.2) is 0 Å². The van der Waals surface area contributed by atoms with Crippen LogP contribution in [0, 0.1) is 11.8 Å². The van der Waals surface area contributed by atoms with Gasteiger partial charge in [-0.25, -0.2) is 8.42 Å². The SMILES string of the molecule is O=C(NC[C@@H]1CCS(=O)(=O)C1)[C@H]1CC(=O)N(C2CCCC2)C1. The molecule has 0 aromatic rings. The Bertz CT molecular complexity index is 554. The number of rotatable bonds is 4. The Morgan fingerprint density at radius 2 is 1.95 bits per heavy atom. The lowest BCUT2D eigenvalue weighted by Crippen LogP contribution is -2.38. The number of amides is 2. The van der Waals surface area contributed by atoms with Crippen LogP contribution in [0.2, 0.25) is 0 Å². The van der Waals surface area contributed by atoms with Gasteiger partial charge < -0.3 is 10.2 Å². The number of sulfone groups is 1. The Hall–Kier alpha value is -1.11. The maximum Gasteiger partial charge on any atom is 0.225 e. The van der Waals surface area contributed by atoms with Crippen molar-refractivity contribution in [2.45, 2.75) is 44.6 Å². The van der Waals surface area contributed by atoms with Crippen LogP contribution >= 0.6 is 0 Å². The Labute approximate surface area is 131 Å². The lowest BCUT2D eigenvalue weighted by atomic mass is 10.1. The zero-order valence-electron chi connectivity index (χ0n) is 12.8. The number of likely N-dealkylation sites (tertiary alicyclic amines) is 1. The first-order valence-electron chi connectivity index (χ1n) is 8.22. The van der Waals surface area contributed by atoms with Crippen molar-refractivity contribution in [1.82, 2.24) is 10.2 Å². The molecule has 6 nitrogen and oxygen atoms in total. The molecule has 3 aliphatic rings. The van der Waals surface area contributed by atoms with E-state index in [1.165, 1.54) is 12.8 Å². The summed E-state index contributed by atoms with van der Waals surface area (Å²) in [5, 5.41) is 2.85. The normalized spacial score (nSPS) is 31.8. The van der Waals surface area contributed by atoms with E-state index in [2.05, 4.69) is 5.32 Å². The van der Waals surface area contributed by atoms with Crippen LogP contribution < -0.4 is 5.32 Å². The second-order valence-electron chi connectivity index (χ2n) is 6.90. The van der Waals surface area contributed by atoms with Crippen LogP contribution in [0.4, 0.5) is 0 Å². The summed E-state index contributed by atoms with van der Waals surface area (Å²) in [7, 11) is -2.90. The highest BCUT2D eigenvalue weighted by molar-refractivity contribution is 7.91. The highest BCUT2D eigenvalue weighted by Crippen LogP contribution is 2.29. The van der Waals surface area contributed by atoms with Crippen molar-refractivity contribution in [1.29, 1.82) is 0 Å². The summed E-state index contributed by atoms with van der Waals surface area (Å²) >= 11 is 0. The second kappa shape index (κ2) is 6.18. The molecule has 0 spiro atoms. The first kappa shape index (κ1) is 15.8. The average molecular weight is 328 g/mol. The predicted molar refractivity (Wildman–Crippen MR) is 81.8 cm³/mol. The summed E-state index contributed by atoms with van der Waals surface area (Å²) in [4.78, 5) is 26.2. The number of nitrogens with one attached hydrogen (secondary N) is 1. The molecule has 0 unspecified atom stereocenters. The van der Waals surface area contributed by atoms with Crippen LogP contribution in [-0.2, 0) is 19.4 Å². The molecule has 0 bridgehead atoms. The molecule has 3 fully saturated rings. The first-order chi connectivity index (χ1) is 10.4. The van der Waals surface area contributed by atoms with E-state index in [1.807, 2.05) is 4.90 Å². The fourth-order valence-electron chi connectivity index (χ4n) is 3.90. The molecule has 1 N–H and O–H groups in total. The van der Waals surface area contributed by atoms with E-state index in [-0.39, 0.29) is 35.2 Å². The molecule has 2 heterocycles. The Kier molecular flexibility index (Phi) is 4.43. The van der Waals surface area contributed by atoms with Crippen molar-refractivity contribution < 1.29 is 18.0 Å². The monoisotopic (exact) mass is 328 g/mol. The van der Waals surface area contributed by atoms with Gasteiger partial charge in [-0.15, -0.1) is 0 Å². The first-order valence-corrected chi connectivity index (χ1v) is 10.0. The minimum atomic E-state index is -2.90. The molecule has 3 rings (SSSR count). The number of carbonyl (C=O) groups is 2. The maximum absolute atomic E-state index is 12.2. The number of nitrogens with zero attached hydrogens (tertiary/aromatic N) is 1. The van der Waals surface area contributed by atoms with E-state index in [0.717, 1.165) is 12.8 Å². The average Bonchev–Trinajstić information content (AvgIpc) is 3.16. The van der Waals surface area contributed by atoms with Gasteiger partial charge in [0.15, 0.2) is 9.84 Å². The molecule has 22 heavy (non-hydrogen) atoms. The van der Waals surface area contributed by atoms with Gasteiger partial charge in [0.1, 0.15) is 0 Å². The summed E-state index contributed by atoms with van der Waals surface area (Å²) in [5.74, 6) is 0.146. The fourth-order valence-corrected chi connectivity index (χ4v) is 5.76. The lowest BCUT2D eigenvalue weighted by molar-refractivity contribution is -0.130. The van der Waals surface area contributed by atoms with Crippen LogP contribution in [0.5, 0.6) is 0 Å². The molecule has 1 saturated carbocycles. The van der Waals surface area contributed by atoms with Crippen LogP contribution in [0.3, 0.4) is 0 Å². The minimum absolute atomic E-state index is 0.0250. The van der Waals surface area contributed by atoms with Gasteiger partial charge in [0.25, 0.3) is 0 Å². The molecule has 0 radical (unpaired) electrons. The van der Waals surface area contributed by atoms with E-state index in [4.69, 9.17) is 0 Å². The molecule has 0 aromatic heterocycles. The van der Waals surface area contributed by atoms with Crippen molar-refractivity contribution in [2.75, 3.05) is 24.6 Å². The summed E-state index contributed by atoms with van der Waals surface area (Å²) in [6, 6.07) is 0.324. The lowest BCUT2D eigenvalue weighted by Gasteiger charge is -2.24. The van der Waals surface area contributed by atoms with Gasteiger partial charge in [-0.3, -0.25) is 9.59 Å². The molecular weight excluding hydrogens is 304 g/mol. The number of hydrogen-bond acceptors (Lipinski definition) is 4. The van der Waals surface area contributed by atoms with Crippen molar-refractivity contribution in [3.8, 4) is 0 Å². The molecule has 2 saturated heterocycles. The molecule has 2 amide bonds. The van der Waals surface area contributed by atoms with Gasteiger partial charge in [-0.05, 0) is 25.2 Å². The third-order valence-electron chi connectivity index (χ3n) is 5.19. The van der Waals surface area contributed by atoms with Gasteiger partial charge in [-0.2, -0.15) is 0 Å². The largest absolute Gasteiger partial charge is 0.355 e. The van der Waals surface area contributed by atoms with E-state index >= 15 is 0 Å². The highest BCUT2D eigenvalue weighted by atomic mass is 32.2. The van der Waals surface area contributed by atoms with Crippen molar-refractivity contribution in [2.24, 2.45) is 11.8 Å². The summed E-state index contributed by atoms with van der Waals surface area (Å²) in [6.07, 6.45) is 5.37. The van der Waals surface area contributed by atoms with Gasteiger partial charge in [0.2, 0.25) is 11.8 Å². The zero-order chi connectivity index (χ0) is 15.7. The zero-order valence-corrected chi connectivity index (χ0v) is 13.6. The Balaban J connectivity index is 1.48. The second-order valence-corrected chi connectivity index (χ2v) is 9.13. The van der Waals surface area contributed by atoms with Crippen LogP contribution in [0.25, 0.3) is 0 Å². The summed E-state index contributed by atoms with van der Waals surface area (Å²) in [5.41, 5.74) is 0.